The zero-order valence-corrected chi connectivity index (χ0v) is 17.7. The van der Waals surface area contributed by atoms with E-state index < -0.39 is 22.5 Å². The van der Waals surface area contributed by atoms with Gasteiger partial charge in [-0.25, -0.2) is 13.8 Å². The lowest BCUT2D eigenvalue weighted by Crippen LogP contribution is -2.26. The third-order valence-electron chi connectivity index (χ3n) is 4.49. The second-order valence-electron chi connectivity index (χ2n) is 6.83. The third-order valence-corrected chi connectivity index (χ3v) is 5.25. The topological polar surface area (TPSA) is 114 Å². The normalized spacial score (nSPS) is 10.6. The molecule has 3 rings (SSSR count). The van der Waals surface area contributed by atoms with Gasteiger partial charge in [0.2, 0.25) is 5.91 Å². The maximum Gasteiger partial charge on any atom is 0.272 e. The van der Waals surface area contributed by atoms with E-state index in [0.29, 0.717) is 34.4 Å². The molecule has 1 heterocycles. The summed E-state index contributed by atoms with van der Waals surface area (Å²) in [6, 6.07) is 7.45. The lowest BCUT2D eigenvalue weighted by molar-refractivity contribution is -0.385. The standard InChI is InChI=1S/C21H18F2N4O4S/c1-12-4-5-13(9-18(12)27(30)31)17-11-32-21(25-17)26-19(28)3-2-8-24-20(29)15-7-6-14(22)10-16(15)23/h4-7,9-11H,2-3,8H2,1H3,(H,24,29)(H,25,26,28). The maximum atomic E-state index is 13.6. The number of benzene rings is 2. The zero-order valence-electron chi connectivity index (χ0n) is 16.9. The SMILES string of the molecule is Cc1ccc(-c2csc(NC(=O)CCCNC(=O)c3ccc(F)cc3F)n2)cc1[N+](=O)[O-]. The summed E-state index contributed by atoms with van der Waals surface area (Å²) < 4.78 is 26.5. The second-order valence-corrected chi connectivity index (χ2v) is 7.69. The van der Waals surface area contributed by atoms with Crippen LogP contribution in [0.2, 0.25) is 0 Å². The third kappa shape index (κ3) is 5.70. The Labute approximate surface area is 185 Å². The highest BCUT2D eigenvalue weighted by Crippen LogP contribution is 2.29. The predicted octanol–water partition coefficient (Wildman–Crippen LogP) is 4.45. The van der Waals surface area contributed by atoms with Gasteiger partial charge in [-0.05, 0) is 25.5 Å². The summed E-state index contributed by atoms with van der Waals surface area (Å²) in [4.78, 5) is 38.9. The van der Waals surface area contributed by atoms with E-state index in [4.69, 9.17) is 0 Å². The summed E-state index contributed by atoms with van der Waals surface area (Å²) >= 11 is 1.18. The molecular formula is C21H18F2N4O4S. The van der Waals surface area contributed by atoms with E-state index in [1.165, 1.54) is 17.4 Å². The number of nitrogens with zero attached hydrogens (tertiary/aromatic N) is 2. The van der Waals surface area contributed by atoms with Crippen molar-refractivity contribution in [3.63, 3.8) is 0 Å². The van der Waals surface area contributed by atoms with Gasteiger partial charge in [0.15, 0.2) is 5.13 Å². The molecule has 0 atom stereocenters. The molecule has 0 aliphatic rings. The molecule has 166 valence electrons. The highest BCUT2D eigenvalue weighted by atomic mass is 32.1. The van der Waals surface area contributed by atoms with Crippen molar-refractivity contribution in [2.45, 2.75) is 19.8 Å². The van der Waals surface area contributed by atoms with Crippen LogP contribution in [0.1, 0.15) is 28.8 Å². The summed E-state index contributed by atoms with van der Waals surface area (Å²) in [5.74, 6) is -2.76. The highest BCUT2D eigenvalue weighted by Gasteiger charge is 2.15. The number of anilines is 1. The number of hydrogen-bond acceptors (Lipinski definition) is 6. The monoisotopic (exact) mass is 460 g/mol. The van der Waals surface area contributed by atoms with Crippen molar-refractivity contribution in [2.75, 3.05) is 11.9 Å². The van der Waals surface area contributed by atoms with Crippen molar-refractivity contribution in [3.8, 4) is 11.3 Å². The van der Waals surface area contributed by atoms with Gasteiger partial charge >= 0.3 is 0 Å². The summed E-state index contributed by atoms with van der Waals surface area (Å²) in [6.45, 7) is 1.77. The molecule has 11 heteroatoms. The van der Waals surface area contributed by atoms with E-state index in [9.17, 15) is 28.5 Å². The average molecular weight is 460 g/mol. The smallest absolute Gasteiger partial charge is 0.272 e. The molecule has 0 bridgehead atoms. The fourth-order valence-electron chi connectivity index (χ4n) is 2.83. The van der Waals surface area contributed by atoms with Crippen molar-refractivity contribution < 1.29 is 23.3 Å². The van der Waals surface area contributed by atoms with Gasteiger partial charge in [0.1, 0.15) is 11.6 Å². The number of aromatic nitrogens is 1. The van der Waals surface area contributed by atoms with Crippen molar-refractivity contribution in [2.24, 2.45) is 0 Å². The van der Waals surface area contributed by atoms with Crippen LogP contribution in [0.15, 0.2) is 41.8 Å². The lowest BCUT2D eigenvalue weighted by atomic mass is 10.1. The minimum Gasteiger partial charge on any atom is -0.352 e. The molecule has 8 nitrogen and oxygen atoms in total. The quantitative estimate of drug-likeness (QED) is 0.293. The number of halogens is 2. The Morgan fingerprint density at radius 3 is 2.69 bits per heavy atom. The Kier molecular flexibility index (Phi) is 7.21. The molecule has 1 aromatic heterocycles. The zero-order chi connectivity index (χ0) is 23.3. The Bertz CT molecular complexity index is 1180. The molecule has 0 aliphatic carbocycles. The van der Waals surface area contributed by atoms with Crippen LogP contribution in [0.5, 0.6) is 0 Å². The fraction of sp³-hybridized carbons (Fsp3) is 0.190. The largest absolute Gasteiger partial charge is 0.352 e. The summed E-state index contributed by atoms with van der Waals surface area (Å²) in [7, 11) is 0. The molecule has 0 radical (unpaired) electrons. The van der Waals surface area contributed by atoms with Gasteiger partial charge in [-0.15, -0.1) is 11.3 Å². The molecule has 2 amide bonds. The minimum atomic E-state index is -0.960. The number of nitro benzene ring substituents is 1. The van der Waals surface area contributed by atoms with Crippen LogP contribution in [0.4, 0.5) is 19.6 Å². The first-order chi connectivity index (χ1) is 15.2. The molecule has 32 heavy (non-hydrogen) atoms. The molecule has 0 aliphatic heterocycles. The van der Waals surface area contributed by atoms with E-state index in [0.717, 1.165) is 12.1 Å². The van der Waals surface area contributed by atoms with Gasteiger partial charge in [-0.2, -0.15) is 0 Å². The first-order valence-corrected chi connectivity index (χ1v) is 10.4. The Hall–Kier alpha value is -3.73. The fourth-order valence-corrected chi connectivity index (χ4v) is 3.57. The molecule has 2 aromatic carbocycles. The van der Waals surface area contributed by atoms with Crippen LogP contribution in [0.3, 0.4) is 0 Å². The Morgan fingerprint density at radius 1 is 1.19 bits per heavy atom. The number of amides is 2. The predicted molar refractivity (Wildman–Crippen MR) is 115 cm³/mol. The average Bonchev–Trinajstić information content (AvgIpc) is 3.19. The summed E-state index contributed by atoms with van der Waals surface area (Å²) in [6.07, 6.45) is 0.375. The number of hydrogen-bond donors (Lipinski definition) is 2. The van der Waals surface area contributed by atoms with E-state index in [2.05, 4.69) is 15.6 Å². The molecule has 0 fully saturated rings. The van der Waals surface area contributed by atoms with Crippen LogP contribution in [-0.4, -0.2) is 28.3 Å². The summed E-state index contributed by atoms with van der Waals surface area (Å²) in [5, 5.41) is 18.2. The first kappa shape index (κ1) is 22.9. The molecular weight excluding hydrogens is 442 g/mol. The van der Waals surface area contributed by atoms with Crippen molar-refractivity contribution in [1.82, 2.24) is 10.3 Å². The van der Waals surface area contributed by atoms with E-state index >= 15 is 0 Å². The van der Waals surface area contributed by atoms with E-state index in [1.807, 2.05) is 0 Å². The molecule has 2 N–H and O–H groups in total. The van der Waals surface area contributed by atoms with Crippen molar-refractivity contribution >= 4 is 34.0 Å². The van der Waals surface area contributed by atoms with E-state index in [1.54, 1.807) is 24.4 Å². The lowest BCUT2D eigenvalue weighted by Gasteiger charge is -2.06. The number of thiazole rings is 1. The molecule has 0 saturated carbocycles. The van der Waals surface area contributed by atoms with Gasteiger partial charge < -0.3 is 10.6 Å². The van der Waals surface area contributed by atoms with Crippen LogP contribution in [-0.2, 0) is 4.79 Å². The van der Waals surface area contributed by atoms with Crippen LogP contribution < -0.4 is 10.6 Å². The number of aryl methyl sites for hydroxylation is 1. The van der Waals surface area contributed by atoms with Crippen molar-refractivity contribution in [1.29, 1.82) is 0 Å². The minimum absolute atomic E-state index is 0.0105. The van der Waals surface area contributed by atoms with Crippen LogP contribution in [0.25, 0.3) is 11.3 Å². The van der Waals surface area contributed by atoms with Gasteiger partial charge in [0.05, 0.1) is 16.2 Å². The Morgan fingerprint density at radius 2 is 1.97 bits per heavy atom. The van der Waals surface area contributed by atoms with Gasteiger partial charge in [0, 0.05) is 41.6 Å². The van der Waals surface area contributed by atoms with Crippen LogP contribution >= 0.6 is 11.3 Å². The molecule has 0 unspecified atom stereocenters. The Balaban J connectivity index is 1.49. The number of carbonyl (C=O) groups is 2. The number of carbonyl (C=O) groups excluding carboxylic acids is 2. The van der Waals surface area contributed by atoms with Crippen molar-refractivity contribution in [3.05, 3.63) is 74.7 Å². The maximum absolute atomic E-state index is 13.6. The van der Waals surface area contributed by atoms with Gasteiger partial charge in [0.25, 0.3) is 11.6 Å². The highest BCUT2D eigenvalue weighted by molar-refractivity contribution is 7.14. The van der Waals surface area contributed by atoms with Gasteiger partial charge in [-0.3, -0.25) is 19.7 Å². The molecule has 0 spiro atoms. The summed E-state index contributed by atoms with van der Waals surface area (Å²) in [5.41, 5.74) is 1.32. The molecule has 0 saturated heterocycles. The number of nitro groups is 1. The number of rotatable bonds is 8. The van der Waals surface area contributed by atoms with E-state index in [-0.39, 0.29) is 30.1 Å². The molecule has 3 aromatic rings. The second kappa shape index (κ2) is 10.1. The van der Waals surface area contributed by atoms with Crippen LogP contribution in [0, 0.1) is 28.7 Å². The first-order valence-electron chi connectivity index (χ1n) is 9.48. The number of nitrogens with one attached hydrogen (secondary N) is 2. The van der Waals surface area contributed by atoms with Gasteiger partial charge in [-0.1, -0.05) is 12.1 Å².